The highest BCUT2D eigenvalue weighted by Gasteiger charge is 2.36. The minimum absolute atomic E-state index is 0.215. The summed E-state index contributed by atoms with van der Waals surface area (Å²) in [5.41, 5.74) is 4.08. The van der Waals surface area contributed by atoms with Gasteiger partial charge in [-0.25, -0.2) is 0 Å². The van der Waals surface area contributed by atoms with E-state index >= 15 is 0 Å². The summed E-state index contributed by atoms with van der Waals surface area (Å²) >= 11 is 0. The molecule has 0 aliphatic heterocycles. The molecule has 6 heteroatoms. The van der Waals surface area contributed by atoms with Crippen LogP contribution in [-0.4, -0.2) is 5.91 Å². The van der Waals surface area contributed by atoms with Gasteiger partial charge in [-0.3, -0.25) is 4.79 Å². The zero-order valence-electron chi connectivity index (χ0n) is 10.2. The van der Waals surface area contributed by atoms with Gasteiger partial charge in [-0.1, -0.05) is 24.3 Å². The van der Waals surface area contributed by atoms with Crippen LogP contribution >= 0.6 is 0 Å². The molecule has 1 amide bonds. The molecule has 104 valence electrons. The first kappa shape index (κ1) is 13.9. The zero-order valence-corrected chi connectivity index (χ0v) is 10.2. The molecular weight excluding hydrogens is 269 g/mol. The molecular formula is C14H11F3N2O. The van der Waals surface area contributed by atoms with Crippen molar-refractivity contribution in [1.29, 1.82) is 0 Å². The second kappa shape index (κ2) is 5.24. The Morgan fingerprint density at radius 1 is 1.00 bits per heavy atom. The average molecular weight is 280 g/mol. The topological polar surface area (TPSA) is 55.1 Å². The van der Waals surface area contributed by atoms with Gasteiger partial charge in [0.1, 0.15) is 0 Å². The van der Waals surface area contributed by atoms with Crippen molar-refractivity contribution >= 4 is 17.3 Å². The number of amides is 1. The van der Waals surface area contributed by atoms with Crippen LogP contribution < -0.4 is 11.1 Å². The number of nitrogens with one attached hydrogen (secondary N) is 1. The molecule has 0 aliphatic carbocycles. The largest absolute Gasteiger partial charge is 0.417 e. The van der Waals surface area contributed by atoms with E-state index in [1.54, 1.807) is 30.3 Å². The monoisotopic (exact) mass is 280 g/mol. The Morgan fingerprint density at radius 2 is 1.65 bits per heavy atom. The summed E-state index contributed by atoms with van der Waals surface area (Å²) in [5.74, 6) is -0.887. The van der Waals surface area contributed by atoms with E-state index in [-0.39, 0.29) is 5.69 Å². The van der Waals surface area contributed by atoms with E-state index in [9.17, 15) is 18.0 Å². The minimum Gasteiger partial charge on any atom is -0.398 e. The predicted octanol–water partition coefficient (Wildman–Crippen LogP) is 3.54. The Kier molecular flexibility index (Phi) is 3.65. The second-order valence-corrected chi connectivity index (χ2v) is 4.09. The van der Waals surface area contributed by atoms with Crippen LogP contribution in [0, 0.1) is 0 Å². The van der Waals surface area contributed by atoms with Crippen LogP contribution in [-0.2, 0) is 6.18 Å². The fourth-order valence-electron chi connectivity index (χ4n) is 1.77. The summed E-state index contributed by atoms with van der Waals surface area (Å²) < 4.78 is 38.7. The van der Waals surface area contributed by atoms with E-state index in [0.717, 1.165) is 12.1 Å². The predicted molar refractivity (Wildman–Crippen MR) is 70.3 cm³/mol. The molecule has 2 rings (SSSR count). The number of hydrogen-bond donors (Lipinski definition) is 2. The summed E-state index contributed by atoms with van der Waals surface area (Å²) in [4.78, 5) is 12.0. The molecule has 0 radical (unpaired) electrons. The number of alkyl halides is 3. The van der Waals surface area contributed by atoms with Crippen LogP contribution in [0.4, 0.5) is 24.5 Å². The van der Waals surface area contributed by atoms with Crippen molar-refractivity contribution in [2.24, 2.45) is 0 Å². The number of carbonyl (C=O) groups excluding carboxylic acids is 1. The third-order valence-corrected chi connectivity index (χ3v) is 2.66. The molecule has 20 heavy (non-hydrogen) atoms. The summed E-state index contributed by atoms with van der Waals surface area (Å²) in [6.45, 7) is 0. The molecule has 3 N–H and O–H groups in total. The first-order valence-electron chi connectivity index (χ1n) is 5.71. The van der Waals surface area contributed by atoms with Gasteiger partial charge in [-0.2, -0.15) is 13.2 Å². The standard InChI is InChI=1S/C14H11F3N2O/c15-14(16,17)10-7-4-8-11(18)12(10)13(20)19-9-5-2-1-3-6-9/h1-8H,18H2,(H,19,20). The van der Waals surface area contributed by atoms with Crippen LogP contribution in [0.2, 0.25) is 0 Å². The Labute approximate surface area is 113 Å². The molecule has 2 aromatic carbocycles. The van der Waals surface area contributed by atoms with Crippen LogP contribution in [0.15, 0.2) is 48.5 Å². The number of halogens is 3. The van der Waals surface area contributed by atoms with Gasteiger partial charge >= 0.3 is 6.18 Å². The number of rotatable bonds is 2. The number of hydrogen-bond acceptors (Lipinski definition) is 2. The van der Waals surface area contributed by atoms with Crippen molar-refractivity contribution < 1.29 is 18.0 Å². The van der Waals surface area contributed by atoms with Crippen molar-refractivity contribution in [2.45, 2.75) is 6.18 Å². The third kappa shape index (κ3) is 2.90. The van der Waals surface area contributed by atoms with Crippen molar-refractivity contribution in [1.82, 2.24) is 0 Å². The lowest BCUT2D eigenvalue weighted by molar-refractivity contribution is -0.137. The highest BCUT2D eigenvalue weighted by molar-refractivity contribution is 6.08. The second-order valence-electron chi connectivity index (χ2n) is 4.09. The van der Waals surface area contributed by atoms with E-state index in [2.05, 4.69) is 5.32 Å². The molecule has 0 saturated heterocycles. The van der Waals surface area contributed by atoms with Crippen LogP contribution in [0.5, 0.6) is 0 Å². The molecule has 3 nitrogen and oxygen atoms in total. The fourth-order valence-corrected chi connectivity index (χ4v) is 1.77. The van der Waals surface area contributed by atoms with E-state index in [4.69, 9.17) is 5.73 Å². The van der Waals surface area contributed by atoms with Gasteiger partial charge < -0.3 is 11.1 Å². The molecule has 0 unspecified atom stereocenters. The summed E-state index contributed by atoms with van der Waals surface area (Å²) in [7, 11) is 0. The highest BCUT2D eigenvalue weighted by atomic mass is 19.4. The maximum absolute atomic E-state index is 12.9. The van der Waals surface area contributed by atoms with Gasteiger partial charge in [0.15, 0.2) is 0 Å². The lowest BCUT2D eigenvalue weighted by Gasteiger charge is -2.14. The lowest BCUT2D eigenvalue weighted by atomic mass is 10.0. The van der Waals surface area contributed by atoms with Gasteiger partial charge in [-0.15, -0.1) is 0 Å². The van der Waals surface area contributed by atoms with Gasteiger partial charge in [0, 0.05) is 11.4 Å². The Bertz CT molecular complexity index is 624. The van der Waals surface area contributed by atoms with Gasteiger partial charge in [0.05, 0.1) is 11.1 Å². The molecule has 0 spiro atoms. The molecule has 0 aliphatic rings. The number of carbonyl (C=O) groups is 1. The minimum atomic E-state index is -4.64. The lowest BCUT2D eigenvalue weighted by Crippen LogP contribution is -2.20. The quantitative estimate of drug-likeness (QED) is 0.827. The number of para-hydroxylation sites is 1. The van der Waals surface area contributed by atoms with E-state index in [1.165, 1.54) is 6.07 Å². The Morgan fingerprint density at radius 3 is 2.25 bits per heavy atom. The number of anilines is 2. The summed E-state index contributed by atoms with van der Waals surface area (Å²) in [5, 5.41) is 2.39. The molecule has 0 bridgehead atoms. The maximum atomic E-state index is 12.9. The van der Waals surface area contributed by atoms with Crippen LogP contribution in [0.25, 0.3) is 0 Å². The van der Waals surface area contributed by atoms with E-state index in [0.29, 0.717) is 5.69 Å². The van der Waals surface area contributed by atoms with Crippen molar-refractivity contribution in [2.75, 3.05) is 11.1 Å². The maximum Gasteiger partial charge on any atom is 0.417 e. The van der Waals surface area contributed by atoms with Crippen molar-refractivity contribution in [3.8, 4) is 0 Å². The van der Waals surface area contributed by atoms with Crippen molar-refractivity contribution in [3.05, 3.63) is 59.7 Å². The first-order chi connectivity index (χ1) is 9.39. The fraction of sp³-hybridized carbons (Fsp3) is 0.0714. The van der Waals surface area contributed by atoms with Crippen LogP contribution in [0.1, 0.15) is 15.9 Å². The summed E-state index contributed by atoms with van der Waals surface area (Å²) in [6.07, 6.45) is -4.64. The third-order valence-electron chi connectivity index (χ3n) is 2.66. The zero-order chi connectivity index (χ0) is 14.8. The SMILES string of the molecule is Nc1cccc(C(F)(F)F)c1C(=O)Nc1ccccc1. The number of nitrogen functional groups attached to an aromatic ring is 1. The first-order valence-corrected chi connectivity index (χ1v) is 5.71. The average Bonchev–Trinajstić information content (AvgIpc) is 2.38. The molecule has 2 aromatic rings. The molecule has 0 heterocycles. The Balaban J connectivity index is 2.40. The summed E-state index contributed by atoms with van der Waals surface area (Å²) in [6, 6.07) is 11.5. The van der Waals surface area contributed by atoms with Crippen molar-refractivity contribution in [3.63, 3.8) is 0 Å². The van der Waals surface area contributed by atoms with Gasteiger partial charge in [-0.05, 0) is 24.3 Å². The van der Waals surface area contributed by atoms with E-state index < -0.39 is 23.2 Å². The van der Waals surface area contributed by atoms with Crippen LogP contribution in [0.3, 0.4) is 0 Å². The number of nitrogens with two attached hydrogens (primary N) is 1. The highest BCUT2D eigenvalue weighted by Crippen LogP contribution is 2.34. The number of benzene rings is 2. The normalized spacial score (nSPS) is 11.2. The Hall–Kier alpha value is -2.50. The smallest absolute Gasteiger partial charge is 0.398 e. The molecule has 0 saturated carbocycles. The molecule has 0 atom stereocenters. The van der Waals surface area contributed by atoms with E-state index in [1.807, 2.05) is 0 Å². The van der Waals surface area contributed by atoms with Gasteiger partial charge in [0.25, 0.3) is 5.91 Å². The van der Waals surface area contributed by atoms with Gasteiger partial charge in [0.2, 0.25) is 0 Å². The molecule has 0 aromatic heterocycles. The molecule has 0 fully saturated rings.